The highest BCUT2D eigenvalue weighted by Gasteiger charge is 2.56. The third-order valence-electron chi connectivity index (χ3n) is 6.26. The maximum atomic E-state index is 13.5. The minimum atomic E-state index is -0.567. The number of rotatable bonds is 4. The maximum Gasteiger partial charge on any atom is 0.392 e. The van der Waals surface area contributed by atoms with E-state index in [1.54, 1.807) is 13.3 Å². The third-order valence-corrected chi connectivity index (χ3v) is 6.26. The molecular formula is C23H26N5O3+. The van der Waals surface area contributed by atoms with Crippen LogP contribution in [0.15, 0.2) is 46.0 Å². The summed E-state index contributed by atoms with van der Waals surface area (Å²) >= 11 is 0. The summed E-state index contributed by atoms with van der Waals surface area (Å²) in [5, 5.41) is 0. The number of imide groups is 1. The van der Waals surface area contributed by atoms with E-state index in [4.69, 9.17) is 9.41 Å². The SMILES string of the molecule is Cc1ccc(C)c(CN2C(=O)C3C(=NC4=[N+](Cc5ccco5)CCCN43)N(C)C2=O)c1. The number of urea groups is 1. The molecule has 0 saturated carbocycles. The molecule has 1 aromatic carbocycles. The number of furan rings is 1. The Morgan fingerprint density at radius 1 is 1.23 bits per heavy atom. The molecular weight excluding hydrogens is 394 g/mol. The number of hydrogen-bond acceptors (Lipinski definition) is 5. The van der Waals surface area contributed by atoms with Gasteiger partial charge in [-0.05, 0) is 37.1 Å². The minimum absolute atomic E-state index is 0.211. The van der Waals surface area contributed by atoms with Gasteiger partial charge in [-0.3, -0.25) is 19.2 Å². The van der Waals surface area contributed by atoms with Gasteiger partial charge in [-0.15, -0.1) is 0 Å². The number of nitrogens with zero attached hydrogens (tertiary/aromatic N) is 5. The van der Waals surface area contributed by atoms with Crippen molar-refractivity contribution < 1.29 is 18.6 Å². The van der Waals surface area contributed by atoms with Crippen LogP contribution >= 0.6 is 0 Å². The monoisotopic (exact) mass is 420 g/mol. The molecule has 1 aromatic heterocycles. The Morgan fingerprint density at radius 2 is 2.06 bits per heavy atom. The lowest BCUT2D eigenvalue weighted by atomic mass is 10.0. The lowest BCUT2D eigenvalue weighted by Gasteiger charge is -2.36. The van der Waals surface area contributed by atoms with E-state index in [1.807, 2.05) is 49.1 Å². The molecule has 0 bridgehead atoms. The molecule has 4 heterocycles. The molecule has 1 atom stereocenters. The van der Waals surface area contributed by atoms with Gasteiger partial charge < -0.3 is 4.42 Å². The van der Waals surface area contributed by atoms with E-state index < -0.39 is 6.04 Å². The number of carbonyl (C=O) groups excluding carboxylic acids is 2. The van der Waals surface area contributed by atoms with E-state index in [0.717, 1.165) is 47.9 Å². The molecule has 160 valence electrons. The van der Waals surface area contributed by atoms with Gasteiger partial charge in [0.15, 0.2) is 0 Å². The summed E-state index contributed by atoms with van der Waals surface area (Å²) < 4.78 is 7.62. The fraction of sp³-hybridized carbons (Fsp3) is 0.391. The smallest absolute Gasteiger partial charge is 0.392 e. The second-order valence-corrected chi connectivity index (χ2v) is 8.42. The lowest BCUT2D eigenvalue weighted by Crippen LogP contribution is -2.64. The molecule has 31 heavy (non-hydrogen) atoms. The maximum absolute atomic E-state index is 13.5. The van der Waals surface area contributed by atoms with Gasteiger partial charge in [0.25, 0.3) is 5.91 Å². The molecule has 8 nitrogen and oxygen atoms in total. The summed E-state index contributed by atoms with van der Waals surface area (Å²) in [5.74, 6) is 1.88. The van der Waals surface area contributed by atoms with E-state index >= 15 is 0 Å². The Labute approximate surface area is 181 Å². The molecule has 0 N–H and O–H groups in total. The molecule has 1 unspecified atom stereocenters. The summed E-state index contributed by atoms with van der Waals surface area (Å²) in [7, 11) is 1.70. The standard InChI is InChI=1S/C23H26N5O3/c1-15-7-8-16(2)17(12-15)13-28-21(29)19-20(25(3)23(28)30)24-22-26(9-5-10-27(19)22)14-18-6-4-11-31-18/h4,6-8,11-12,19H,5,9-10,13-14H2,1-3H3/q+1. The first-order chi connectivity index (χ1) is 14.9. The largest absolute Gasteiger partial charge is 0.466 e. The topological polar surface area (TPSA) is 72.4 Å². The van der Waals surface area contributed by atoms with Crippen LogP contribution in [0.1, 0.15) is 28.9 Å². The molecule has 8 heteroatoms. The van der Waals surface area contributed by atoms with Gasteiger partial charge in [-0.25, -0.2) is 9.69 Å². The average Bonchev–Trinajstić information content (AvgIpc) is 3.40. The van der Waals surface area contributed by atoms with Crippen molar-refractivity contribution in [2.45, 2.75) is 39.4 Å². The van der Waals surface area contributed by atoms with E-state index in [9.17, 15) is 9.59 Å². The highest BCUT2D eigenvalue weighted by molar-refractivity contribution is 6.25. The van der Waals surface area contributed by atoms with E-state index in [2.05, 4.69) is 4.58 Å². The second kappa shape index (κ2) is 7.37. The Bertz CT molecular complexity index is 1120. The van der Waals surface area contributed by atoms with Crippen LogP contribution in [-0.2, 0) is 17.9 Å². The van der Waals surface area contributed by atoms with Crippen molar-refractivity contribution in [1.82, 2.24) is 14.7 Å². The molecule has 0 spiro atoms. The first-order valence-electron chi connectivity index (χ1n) is 10.6. The van der Waals surface area contributed by atoms with Gasteiger partial charge in [0.2, 0.25) is 11.9 Å². The number of amidine groups is 1. The van der Waals surface area contributed by atoms with Crippen molar-refractivity contribution in [3.05, 3.63) is 59.0 Å². The van der Waals surface area contributed by atoms with Gasteiger partial charge in [-0.2, -0.15) is 0 Å². The molecule has 1 fully saturated rings. The van der Waals surface area contributed by atoms with E-state index in [0.29, 0.717) is 12.4 Å². The summed E-state index contributed by atoms with van der Waals surface area (Å²) in [6, 6.07) is 9.00. The van der Waals surface area contributed by atoms with Crippen LogP contribution in [0.3, 0.4) is 0 Å². The van der Waals surface area contributed by atoms with Crippen molar-refractivity contribution in [3.8, 4) is 0 Å². The normalized spacial score (nSPS) is 20.9. The van der Waals surface area contributed by atoms with Crippen LogP contribution in [0.4, 0.5) is 4.79 Å². The van der Waals surface area contributed by atoms with Gasteiger partial charge in [0, 0.05) is 13.5 Å². The zero-order chi connectivity index (χ0) is 21.7. The summed E-state index contributed by atoms with van der Waals surface area (Å²) in [4.78, 5) is 36.3. The van der Waals surface area contributed by atoms with Gasteiger partial charge in [0.05, 0.1) is 25.9 Å². The number of aryl methyl sites for hydroxylation is 2. The number of guanidine groups is 1. The van der Waals surface area contributed by atoms with Crippen LogP contribution in [0.5, 0.6) is 0 Å². The lowest BCUT2D eigenvalue weighted by molar-refractivity contribution is -0.556. The number of fused-ring (bicyclic) bond motifs is 3. The highest BCUT2D eigenvalue weighted by atomic mass is 16.3. The van der Waals surface area contributed by atoms with Crippen LogP contribution in [0.2, 0.25) is 0 Å². The van der Waals surface area contributed by atoms with Crippen molar-refractivity contribution in [2.75, 3.05) is 20.1 Å². The van der Waals surface area contributed by atoms with Crippen LogP contribution in [0, 0.1) is 13.8 Å². The first-order valence-corrected chi connectivity index (χ1v) is 10.6. The molecule has 3 amide bonds. The molecule has 3 aliphatic heterocycles. The quantitative estimate of drug-likeness (QED) is 0.712. The zero-order valence-electron chi connectivity index (χ0n) is 18.0. The zero-order valence-corrected chi connectivity index (χ0v) is 18.0. The summed E-state index contributed by atoms with van der Waals surface area (Å²) in [6.07, 6.45) is 2.56. The molecule has 0 aliphatic carbocycles. The summed E-state index contributed by atoms with van der Waals surface area (Å²) in [5.41, 5.74) is 3.15. The first kappa shape index (κ1) is 19.5. The Hall–Kier alpha value is -3.42. The number of benzene rings is 1. The molecule has 5 rings (SSSR count). The van der Waals surface area contributed by atoms with E-state index in [1.165, 1.54) is 9.80 Å². The van der Waals surface area contributed by atoms with Gasteiger partial charge in [-0.1, -0.05) is 28.8 Å². The number of likely N-dealkylation sites (N-methyl/N-ethyl adjacent to an activating group) is 1. The summed E-state index contributed by atoms with van der Waals surface area (Å²) in [6.45, 7) is 6.42. The second-order valence-electron chi connectivity index (χ2n) is 8.42. The van der Waals surface area contributed by atoms with Crippen LogP contribution in [-0.4, -0.2) is 69.2 Å². The van der Waals surface area contributed by atoms with Crippen LogP contribution in [0.25, 0.3) is 0 Å². The Morgan fingerprint density at radius 3 is 2.84 bits per heavy atom. The number of hydrogen-bond donors (Lipinski definition) is 0. The predicted octanol–water partition coefficient (Wildman–Crippen LogP) is 2.35. The fourth-order valence-electron chi connectivity index (χ4n) is 4.55. The van der Waals surface area contributed by atoms with E-state index in [-0.39, 0.29) is 18.5 Å². The molecule has 2 aromatic rings. The van der Waals surface area contributed by atoms with Crippen molar-refractivity contribution in [3.63, 3.8) is 0 Å². The number of amides is 3. The third kappa shape index (κ3) is 3.22. The van der Waals surface area contributed by atoms with Crippen molar-refractivity contribution >= 4 is 23.7 Å². The number of carbonyl (C=O) groups is 2. The molecule has 1 saturated heterocycles. The Kier molecular flexibility index (Phi) is 4.64. The van der Waals surface area contributed by atoms with Crippen molar-refractivity contribution in [2.24, 2.45) is 4.99 Å². The minimum Gasteiger partial charge on any atom is -0.466 e. The molecule has 0 radical (unpaired) electrons. The average molecular weight is 420 g/mol. The molecule has 3 aliphatic rings. The predicted molar refractivity (Wildman–Crippen MR) is 115 cm³/mol. The Balaban J connectivity index is 1.48. The van der Waals surface area contributed by atoms with Gasteiger partial charge >= 0.3 is 12.0 Å². The van der Waals surface area contributed by atoms with Crippen LogP contribution < -0.4 is 0 Å². The fourth-order valence-corrected chi connectivity index (χ4v) is 4.55. The number of aliphatic imine (C=N–C) groups is 1. The highest BCUT2D eigenvalue weighted by Crippen LogP contribution is 2.27. The van der Waals surface area contributed by atoms with Crippen molar-refractivity contribution in [1.29, 1.82) is 0 Å². The van der Waals surface area contributed by atoms with Gasteiger partial charge in [0.1, 0.15) is 12.3 Å².